The van der Waals surface area contributed by atoms with E-state index in [9.17, 15) is 13.0 Å². The summed E-state index contributed by atoms with van der Waals surface area (Å²) in [4.78, 5) is 1.68. The van der Waals surface area contributed by atoms with Crippen LogP contribution in [0.1, 0.15) is 19.4 Å². The molecule has 0 saturated carbocycles. The molecule has 0 spiro atoms. The predicted molar refractivity (Wildman–Crippen MR) is 69.6 cm³/mol. The van der Waals surface area contributed by atoms with Crippen molar-refractivity contribution in [1.29, 1.82) is 0 Å². The molecule has 100 valence electrons. The van der Waals surface area contributed by atoms with Gasteiger partial charge < -0.3 is 9.64 Å². The molecule has 1 aromatic rings. The molecule has 2 atom stereocenters. The number of rotatable bonds is 2. The van der Waals surface area contributed by atoms with Gasteiger partial charge in [0.05, 0.1) is 11.7 Å². The summed E-state index contributed by atoms with van der Waals surface area (Å²) in [5.41, 5.74) is 1.72. The van der Waals surface area contributed by atoms with E-state index in [1.165, 1.54) is 6.92 Å². The minimum absolute atomic E-state index is 0.115. The second kappa shape index (κ2) is 4.44. The van der Waals surface area contributed by atoms with Gasteiger partial charge in [-0.05, 0) is 38.5 Å². The quantitative estimate of drug-likeness (QED) is 0.831. The summed E-state index contributed by atoms with van der Waals surface area (Å²) < 4.78 is 37.5. The second-order valence-electron chi connectivity index (χ2n) is 4.65. The molecule has 1 aliphatic rings. The van der Waals surface area contributed by atoms with Crippen molar-refractivity contribution >= 4 is 15.8 Å². The summed E-state index contributed by atoms with van der Waals surface area (Å²) in [5.74, 6) is 0.647. The first-order valence-electron chi connectivity index (χ1n) is 5.79. The van der Waals surface area contributed by atoms with Crippen molar-refractivity contribution in [2.24, 2.45) is 0 Å². The summed E-state index contributed by atoms with van der Waals surface area (Å²) in [6.45, 7) is 5.67. The molecule has 0 amide bonds. The first-order chi connectivity index (χ1) is 8.30. The van der Waals surface area contributed by atoms with E-state index >= 15 is 0 Å². The van der Waals surface area contributed by atoms with Gasteiger partial charge in [-0.15, -0.1) is 0 Å². The van der Waals surface area contributed by atoms with Crippen LogP contribution in [-0.4, -0.2) is 31.0 Å². The Bertz CT molecular complexity index is 555. The maximum absolute atomic E-state index is 11.3. The predicted octanol–water partition coefficient (Wildman–Crippen LogP) is 1.82. The fourth-order valence-electron chi connectivity index (χ4n) is 2.18. The fraction of sp³-hybridized carbons (Fsp3) is 0.500. The van der Waals surface area contributed by atoms with Crippen molar-refractivity contribution in [3.8, 4) is 5.75 Å². The molecule has 5 nitrogen and oxygen atoms in total. The van der Waals surface area contributed by atoms with E-state index in [1.807, 2.05) is 32.0 Å². The fourth-order valence-corrected chi connectivity index (χ4v) is 2.79. The average molecular weight is 271 g/mol. The van der Waals surface area contributed by atoms with Crippen LogP contribution in [0, 0.1) is 6.92 Å². The Kier molecular flexibility index (Phi) is 3.25. The van der Waals surface area contributed by atoms with Gasteiger partial charge in [-0.25, -0.2) is 0 Å². The smallest absolute Gasteiger partial charge is 0.286 e. The van der Waals surface area contributed by atoms with E-state index in [1.54, 1.807) is 4.90 Å². The molecule has 2 unspecified atom stereocenters. The highest BCUT2D eigenvalue weighted by Crippen LogP contribution is 2.36. The molecule has 0 saturated heterocycles. The summed E-state index contributed by atoms with van der Waals surface area (Å²) in [7, 11) is -4.12. The highest BCUT2D eigenvalue weighted by atomic mass is 32.2. The average Bonchev–Trinajstić information content (AvgIpc) is 2.26. The zero-order valence-electron chi connectivity index (χ0n) is 10.6. The topological polar surface area (TPSA) is 66.8 Å². The Balaban J connectivity index is 2.51. The number of benzene rings is 1. The molecule has 2 rings (SSSR count). The van der Waals surface area contributed by atoms with Crippen LogP contribution in [-0.2, 0) is 10.1 Å². The molecule has 1 aliphatic heterocycles. The number of hydrogen-bond acceptors (Lipinski definition) is 4. The molecule has 0 aromatic heterocycles. The van der Waals surface area contributed by atoms with Gasteiger partial charge in [0.1, 0.15) is 12.4 Å². The van der Waals surface area contributed by atoms with E-state index in [-0.39, 0.29) is 6.04 Å². The molecule has 1 heterocycles. The highest BCUT2D eigenvalue weighted by molar-refractivity contribution is 7.86. The van der Waals surface area contributed by atoms with E-state index in [2.05, 4.69) is 0 Å². The lowest BCUT2D eigenvalue weighted by atomic mass is 10.1. The summed E-state index contributed by atoms with van der Waals surface area (Å²) in [5, 5.41) is -0.989. The Morgan fingerprint density at radius 1 is 1.50 bits per heavy atom. The standard InChI is InChI=1S/C12H17NO4S/c1-8-4-5-12-11(6-8)13(9(2)7-17-12)10(3)18(14,15)16/h4-6,9-10H,7H2,1-3H3,(H,14,15,16). The van der Waals surface area contributed by atoms with Gasteiger partial charge in [-0.1, -0.05) is 6.07 Å². The minimum atomic E-state index is -4.12. The zero-order chi connectivity index (χ0) is 13.5. The van der Waals surface area contributed by atoms with Gasteiger partial charge in [0, 0.05) is 0 Å². The summed E-state index contributed by atoms with van der Waals surface area (Å²) >= 11 is 0. The third kappa shape index (κ3) is 2.30. The highest BCUT2D eigenvalue weighted by Gasteiger charge is 2.34. The first-order valence-corrected chi connectivity index (χ1v) is 7.29. The Morgan fingerprint density at radius 3 is 2.78 bits per heavy atom. The van der Waals surface area contributed by atoms with Gasteiger partial charge in [0.2, 0.25) is 0 Å². The van der Waals surface area contributed by atoms with Crippen molar-refractivity contribution in [3.05, 3.63) is 23.8 Å². The van der Waals surface area contributed by atoms with Crippen LogP contribution in [0.15, 0.2) is 18.2 Å². The molecular formula is C12H17NO4S. The molecule has 0 aliphatic carbocycles. The normalized spacial score (nSPS) is 21.1. The van der Waals surface area contributed by atoms with E-state index in [0.717, 1.165) is 5.56 Å². The van der Waals surface area contributed by atoms with Crippen LogP contribution in [0.2, 0.25) is 0 Å². The van der Waals surface area contributed by atoms with E-state index < -0.39 is 15.5 Å². The van der Waals surface area contributed by atoms with E-state index in [4.69, 9.17) is 4.74 Å². The van der Waals surface area contributed by atoms with Crippen molar-refractivity contribution < 1.29 is 17.7 Å². The number of hydrogen-bond donors (Lipinski definition) is 1. The van der Waals surface area contributed by atoms with Crippen LogP contribution in [0.25, 0.3) is 0 Å². The van der Waals surface area contributed by atoms with Crippen molar-refractivity contribution in [2.75, 3.05) is 11.5 Å². The molecule has 0 fully saturated rings. The molecule has 6 heteroatoms. The Hall–Kier alpha value is -1.27. The largest absolute Gasteiger partial charge is 0.489 e. The maximum atomic E-state index is 11.3. The number of aryl methyl sites for hydroxylation is 1. The first kappa shape index (κ1) is 13.2. The molecule has 18 heavy (non-hydrogen) atoms. The molecule has 0 radical (unpaired) electrons. The van der Waals surface area contributed by atoms with Gasteiger partial charge in [0.15, 0.2) is 5.37 Å². The van der Waals surface area contributed by atoms with Crippen LogP contribution >= 0.6 is 0 Å². The molecule has 0 bridgehead atoms. The lowest BCUT2D eigenvalue weighted by Crippen LogP contribution is -2.49. The number of anilines is 1. The molecular weight excluding hydrogens is 254 g/mol. The number of fused-ring (bicyclic) bond motifs is 1. The van der Waals surface area contributed by atoms with Gasteiger partial charge in [0.25, 0.3) is 10.1 Å². The Labute approximate surface area is 107 Å². The Morgan fingerprint density at radius 2 is 2.17 bits per heavy atom. The van der Waals surface area contributed by atoms with Crippen molar-refractivity contribution in [2.45, 2.75) is 32.2 Å². The number of ether oxygens (including phenoxy) is 1. The summed E-state index contributed by atoms with van der Waals surface area (Å²) in [6, 6.07) is 5.48. The van der Waals surface area contributed by atoms with Crippen LogP contribution < -0.4 is 9.64 Å². The van der Waals surface area contributed by atoms with E-state index in [0.29, 0.717) is 18.0 Å². The SMILES string of the molecule is Cc1ccc2c(c1)N(C(C)S(=O)(=O)O)C(C)CO2. The van der Waals surface area contributed by atoms with Gasteiger partial charge in [-0.3, -0.25) is 4.55 Å². The van der Waals surface area contributed by atoms with Crippen molar-refractivity contribution in [1.82, 2.24) is 0 Å². The lowest BCUT2D eigenvalue weighted by molar-refractivity contribution is 0.267. The van der Waals surface area contributed by atoms with Gasteiger partial charge in [-0.2, -0.15) is 8.42 Å². The summed E-state index contributed by atoms with van der Waals surface area (Å²) in [6.07, 6.45) is 0. The van der Waals surface area contributed by atoms with Crippen LogP contribution in [0.4, 0.5) is 5.69 Å². The third-order valence-corrected chi connectivity index (χ3v) is 4.26. The maximum Gasteiger partial charge on any atom is 0.286 e. The zero-order valence-corrected chi connectivity index (χ0v) is 11.4. The lowest BCUT2D eigenvalue weighted by Gasteiger charge is -2.39. The number of nitrogens with zero attached hydrogens (tertiary/aromatic N) is 1. The van der Waals surface area contributed by atoms with Crippen LogP contribution in [0.5, 0.6) is 5.75 Å². The van der Waals surface area contributed by atoms with Gasteiger partial charge >= 0.3 is 0 Å². The second-order valence-corrected chi connectivity index (χ2v) is 6.36. The minimum Gasteiger partial charge on any atom is -0.489 e. The third-order valence-electron chi connectivity index (χ3n) is 3.17. The van der Waals surface area contributed by atoms with Crippen molar-refractivity contribution in [3.63, 3.8) is 0 Å². The molecule has 1 N–H and O–H groups in total. The molecule has 1 aromatic carbocycles. The van der Waals surface area contributed by atoms with Crippen LogP contribution in [0.3, 0.4) is 0 Å². The monoisotopic (exact) mass is 271 g/mol.